The van der Waals surface area contributed by atoms with Crippen molar-refractivity contribution >= 4 is 20.1 Å². The zero-order chi connectivity index (χ0) is 12.1. The van der Waals surface area contributed by atoms with E-state index in [2.05, 4.69) is 6.58 Å². The van der Waals surface area contributed by atoms with Gasteiger partial charge in [-0.05, 0) is 19.6 Å². The molecule has 0 heterocycles. The third-order valence-corrected chi connectivity index (χ3v) is 2.55. The Kier molecular flexibility index (Phi) is 5.46. The summed E-state index contributed by atoms with van der Waals surface area (Å²) in [5.41, 5.74) is 0. The van der Waals surface area contributed by atoms with Crippen molar-refractivity contribution in [3.05, 3.63) is 12.7 Å². The molecule has 0 saturated heterocycles. The van der Waals surface area contributed by atoms with Gasteiger partial charge in [0.05, 0.1) is 6.10 Å². The van der Waals surface area contributed by atoms with Gasteiger partial charge in [-0.2, -0.15) is 0 Å². The van der Waals surface area contributed by atoms with Crippen LogP contribution < -0.4 is 0 Å². The molecule has 1 unspecified atom stereocenters. The van der Waals surface area contributed by atoms with Crippen LogP contribution in [-0.2, 0) is 14.0 Å². The van der Waals surface area contributed by atoms with E-state index in [1.54, 1.807) is 6.08 Å². The number of carboxylic acids is 1. The van der Waals surface area contributed by atoms with Crippen molar-refractivity contribution in [2.75, 3.05) is 0 Å². The van der Waals surface area contributed by atoms with Gasteiger partial charge in [0.2, 0.25) is 0 Å². The number of Topliss-reactive ketones (excluding diaryl/α,β-unsaturated/α-hetero) is 1. The summed E-state index contributed by atoms with van der Waals surface area (Å²) in [5.74, 6) is -1.43. The Morgan fingerprint density at radius 3 is 2.33 bits per heavy atom. The average molecular weight is 230 g/mol. The first-order chi connectivity index (χ1) is 6.74. The summed E-state index contributed by atoms with van der Waals surface area (Å²) in [6.07, 6.45) is 0.848. The van der Waals surface area contributed by atoms with Gasteiger partial charge in [0.25, 0.3) is 0 Å². The lowest BCUT2D eigenvalue weighted by Gasteiger charge is -2.23. The van der Waals surface area contributed by atoms with Crippen molar-refractivity contribution in [1.29, 1.82) is 0 Å². The van der Waals surface area contributed by atoms with Gasteiger partial charge in [-0.15, -0.1) is 6.58 Å². The van der Waals surface area contributed by atoms with E-state index in [9.17, 15) is 9.59 Å². The summed E-state index contributed by atoms with van der Waals surface area (Å²) < 4.78 is 5.65. The van der Waals surface area contributed by atoms with Crippen LogP contribution in [0.15, 0.2) is 12.7 Å². The first-order valence-corrected chi connectivity index (χ1v) is 8.19. The Morgan fingerprint density at radius 1 is 1.47 bits per heavy atom. The average Bonchev–Trinajstić information content (AvgIpc) is 1.98. The number of carboxylic acid groups (broad SMARTS) is 1. The van der Waals surface area contributed by atoms with E-state index in [-0.39, 0.29) is 18.3 Å². The molecule has 0 saturated carbocycles. The molecular weight excluding hydrogens is 212 g/mol. The Balaban J connectivity index is 4.16. The molecule has 0 aliphatic rings. The smallest absolute Gasteiger partial charge is 0.310 e. The van der Waals surface area contributed by atoms with Crippen molar-refractivity contribution in [3.63, 3.8) is 0 Å². The highest BCUT2D eigenvalue weighted by Gasteiger charge is 2.21. The fraction of sp³-hybridized carbons (Fsp3) is 0.600. The molecule has 0 aliphatic carbocycles. The van der Waals surface area contributed by atoms with Crippen molar-refractivity contribution in [2.24, 2.45) is 0 Å². The number of hydrogen-bond acceptors (Lipinski definition) is 3. The molecular formula is C10H18O4Si. The van der Waals surface area contributed by atoms with E-state index in [0.29, 0.717) is 0 Å². The number of carbonyl (C=O) groups excluding carboxylic acids is 1. The summed E-state index contributed by atoms with van der Waals surface area (Å²) >= 11 is 0. The van der Waals surface area contributed by atoms with Crippen LogP contribution in [0.5, 0.6) is 0 Å². The van der Waals surface area contributed by atoms with Gasteiger partial charge in [-0.25, -0.2) is 0 Å². The Hall–Kier alpha value is -0.943. The summed E-state index contributed by atoms with van der Waals surface area (Å²) in [4.78, 5) is 21.5. The molecule has 0 radical (unpaired) electrons. The maximum atomic E-state index is 11.2. The summed E-state index contributed by atoms with van der Waals surface area (Å²) in [5, 5.41) is 8.42. The maximum absolute atomic E-state index is 11.2. The highest BCUT2D eigenvalue weighted by Crippen LogP contribution is 2.12. The largest absolute Gasteiger partial charge is 0.481 e. The first-order valence-electron chi connectivity index (χ1n) is 4.78. The van der Waals surface area contributed by atoms with E-state index < -0.39 is 20.7 Å². The number of carbonyl (C=O) groups is 2. The minimum Gasteiger partial charge on any atom is -0.481 e. The molecule has 1 N–H and O–H groups in total. The fourth-order valence-electron chi connectivity index (χ4n) is 1.09. The van der Waals surface area contributed by atoms with E-state index >= 15 is 0 Å². The SMILES string of the molecule is C=CC(CC(=O)CC(=O)O)O[Si](C)(C)C. The molecule has 5 heteroatoms. The predicted molar refractivity (Wildman–Crippen MR) is 60.3 cm³/mol. The van der Waals surface area contributed by atoms with Crippen LogP contribution in [0, 0.1) is 0 Å². The third kappa shape index (κ3) is 8.08. The van der Waals surface area contributed by atoms with Gasteiger partial charge >= 0.3 is 5.97 Å². The molecule has 0 aromatic carbocycles. The van der Waals surface area contributed by atoms with Gasteiger partial charge < -0.3 is 9.53 Å². The van der Waals surface area contributed by atoms with Gasteiger partial charge in [0, 0.05) is 6.42 Å². The number of hydrogen-bond donors (Lipinski definition) is 1. The van der Waals surface area contributed by atoms with Crippen LogP contribution in [0.3, 0.4) is 0 Å². The first kappa shape index (κ1) is 14.1. The lowest BCUT2D eigenvalue weighted by atomic mass is 10.1. The van der Waals surface area contributed by atoms with Crippen LogP contribution in [0.4, 0.5) is 0 Å². The number of rotatable bonds is 7. The van der Waals surface area contributed by atoms with Gasteiger partial charge in [-0.3, -0.25) is 9.59 Å². The Morgan fingerprint density at radius 2 is 2.00 bits per heavy atom. The van der Waals surface area contributed by atoms with Crippen molar-refractivity contribution < 1.29 is 19.1 Å². The monoisotopic (exact) mass is 230 g/mol. The molecule has 0 spiro atoms. The molecule has 15 heavy (non-hydrogen) atoms. The Labute approximate surface area is 91.1 Å². The molecule has 0 amide bonds. The lowest BCUT2D eigenvalue weighted by Crippen LogP contribution is -2.32. The van der Waals surface area contributed by atoms with Crippen molar-refractivity contribution in [1.82, 2.24) is 0 Å². The molecule has 1 atom stereocenters. The number of ketones is 1. The van der Waals surface area contributed by atoms with E-state index in [1.807, 2.05) is 19.6 Å². The van der Waals surface area contributed by atoms with Crippen LogP contribution in [-0.4, -0.2) is 31.3 Å². The fourth-order valence-corrected chi connectivity index (χ4v) is 2.18. The predicted octanol–water partition coefficient (Wildman–Crippen LogP) is 1.83. The van der Waals surface area contributed by atoms with Crippen LogP contribution in [0.2, 0.25) is 19.6 Å². The molecule has 86 valence electrons. The zero-order valence-corrected chi connectivity index (χ0v) is 10.4. The summed E-state index contributed by atoms with van der Waals surface area (Å²) in [6, 6.07) is 0. The number of aliphatic carboxylic acids is 1. The molecule has 0 aromatic heterocycles. The topological polar surface area (TPSA) is 63.6 Å². The molecule has 0 rings (SSSR count). The van der Waals surface area contributed by atoms with Crippen molar-refractivity contribution in [3.8, 4) is 0 Å². The summed E-state index contributed by atoms with van der Waals surface area (Å²) in [6.45, 7) is 9.59. The second-order valence-electron chi connectivity index (χ2n) is 4.32. The van der Waals surface area contributed by atoms with Gasteiger partial charge in [0.1, 0.15) is 12.2 Å². The second-order valence-corrected chi connectivity index (χ2v) is 8.78. The third-order valence-electron chi connectivity index (χ3n) is 1.55. The molecule has 0 aliphatic heterocycles. The lowest BCUT2D eigenvalue weighted by molar-refractivity contribution is -0.140. The van der Waals surface area contributed by atoms with Crippen LogP contribution >= 0.6 is 0 Å². The second kappa shape index (κ2) is 5.82. The van der Waals surface area contributed by atoms with Gasteiger partial charge in [-0.1, -0.05) is 6.08 Å². The molecule has 0 aromatic rings. The van der Waals surface area contributed by atoms with Crippen LogP contribution in [0.1, 0.15) is 12.8 Å². The minimum atomic E-state index is -1.72. The zero-order valence-electron chi connectivity index (χ0n) is 9.45. The van der Waals surface area contributed by atoms with E-state index in [4.69, 9.17) is 9.53 Å². The molecule has 0 fully saturated rings. The van der Waals surface area contributed by atoms with E-state index in [1.165, 1.54) is 0 Å². The summed E-state index contributed by atoms with van der Waals surface area (Å²) in [7, 11) is -1.72. The Bertz CT molecular complexity index is 255. The quantitative estimate of drug-likeness (QED) is 0.412. The van der Waals surface area contributed by atoms with Gasteiger partial charge in [0.15, 0.2) is 8.32 Å². The maximum Gasteiger partial charge on any atom is 0.310 e. The van der Waals surface area contributed by atoms with Crippen molar-refractivity contribution in [2.45, 2.75) is 38.6 Å². The standard InChI is InChI=1S/C10H18O4Si/c1-5-9(14-15(2,3)4)6-8(11)7-10(12)13/h5,9H,1,6-7H2,2-4H3,(H,12,13). The highest BCUT2D eigenvalue weighted by atomic mass is 28.4. The van der Waals surface area contributed by atoms with Crippen LogP contribution in [0.25, 0.3) is 0 Å². The molecule has 4 nitrogen and oxygen atoms in total. The molecule has 0 bridgehead atoms. The normalized spacial score (nSPS) is 13.3. The van der Waals surface area contributed by atoms with E-state index in [0.717, 1.165) is 0 Å². The highest BCUT2D eigenvalue weighted by molar-refractivity contribution is 6.69. The minimum absolute atomic E-state index is 0.0973.